The Morgan fingerprint density at radius 2 is 1.20 bits per heavy atom. The average molecular weight is 326 g/mol. The van der Waals surface area contributed by atoms with Crippen molar-refractivity contribution in [1.29, 1.82) is 0 Å². The summed E-state index contributed by atoms with van der Waals surface area (Å²) in [6.45, 7) is 0. The molecule has 1 N–H and O–H groups in total. The third-order valence-corrected chi connectivity index (χ3v) is 4.57. The largest absolute Gasteiger partial charge is 0.189 e. The van der Waals surface area contributed by atoms with Gasteiger partial charge in [-0.1, -0.05) is 96.2 Å². The lowest BCUT2D eigenvalue weighted by molar-refractivity contribution is 0.570. The molecule has 1 aromatic heterocycles. The fourth-order valence-corrected chi connectivity index (χ4v) is 3.40. The van der Waals surface area contributed by atoms with E-state index in [-0.39, 0.29) is 0 Å². The number of rotatable bonds is 5. The highest BCUT2D eigenvalue weighted by molar-refractivity contribution is 5.47. The van der Waals surface area contributed by atoms with E-state index in [0.717, 1.165) is 17.5 Å². The maximum Gasteiger partial charge on any atom is 0.189 e. The smallest absolute Gasteiger partial charge is 0.177 e. The summed E-state index contributed by atoms with van der Waals surface area (Å²) in [4.78, 5) is 0. The van der Waals surface area contributed by atoms with Gasteiger partial charge in [-0.05, 0) is 23.1 Å². The van der Waals surface area contributed by atoms with E-state index in [9.17, 15) is 0 Å². The molecule has 0 amide bonds. The molecule has 4 aromatic rings. The van der Waals surface area contributed by atoms with Crippen LogP contribution in [0.3, 0.4) is 0 Å². The highest BCUT2D eigenvalue weighted by Crippen LogP contribution is 2.39. The van der Waals surface area contributed by atoms with E-state index in [2.05, 4.69) is 93.4 Å². The predicted molar refractivity (Wildman–Crippen MR) is 97.1 cm³/mol. The standard InChI is InChI=1S/C21H18N4/c1-4-10-17(11-5-1)16-21(20-22-24-25-23-20,18-12-6-2-7-13-18)19-14-8-3-9-15-19/h1-15H,16H2,(H,22,23,24,25). The van der Waals surface area contributed by atoms with Gasteiger partial charge in [-0.15, -0.1) is 10.2 Å². The molecule has 0 unspecified atom stereocenters. The minimum Gasteiger partial charge on any atom is -0.177 e. The summed E-state index contributed by atoms with van der Waals surface area (Å²) in [6, 6.07) is 31.2. The highest BCUT2D eigenvalue weighted by Gasteiger charge is 2.40. The number of nitrogens with one attached hydrogen (secondary N) is 1. The summed E-state index contributed by atoms with van der Waals surface area (Å²) in [5, 5.41) is 15.3. The van der Waals surface area contributed by atoms with Crippen molar-refractivity contribution in [2.24, 2.45) is 0 Å². The van der Waals surface area contributed by atoms with Gasteiger partial charge in [0, 0.05) is 0 Å². The van der Waals surface area contributed by atoms with Crippen LogP contribution in [0.1, 0.15) is 22.5 Å². The lowest BCUT2D eigenvalue weighted by Crippen LogP contribution is -2.33. The maximum atomic E-state index is 4.39. The van der Waals surface area contributed by atoms with E-state index in [1.54, 1.807) is 0 Å². The third kappa shape index (κ3) is 2.83. The Hall–Kier alpha value is -3.27. The molecule has 0 fully saturated rings. The first-order valence-corrected chi connectivity index (χ1v) is 8.28. The SMILES string of the molecule is c1ccc(CC(c2ccccc2)(c2ccccc2)c2nn[nH]n2)cc1. The van der Waals surface area contributed by atoms with Crippen LogP contribution in [0.2, 0.25) is 0 Å². The van der Waals surface area contributed by atoms with Crippen LogP contribution in [0.25, 0.3) is 0 Å². The molecule has 25 heavy (non-hydrogen) atoms. The molecule has 1 heterocycles. The Morgan fingerprint density at radius 3 is 1.68 bits per heavy atom. The van der Waals surface area contributed by atoms with E-state index in [4.69, 9.17) is 0 Å². The van der Waals surface area contributed by atoms with Crippen LogP contribution in [0.5, 0.6) is 0 Å². The molecule has 4 heteroatoms. The molecular weight excluding hydrogens is 308 g/mol. The van der Waals surface area contributed by atoms with Gasteiger partial charge in [-0.25, -0.2) is 0 Å². The number of hydrogen-bond acceptors (Lipinski definition) is 3. The molecule has 0 saturated heterocycles. The number of H-pyrrole nitrogens is 1. The molecule has 0 bridgehead atoms. The van der Waals surface area contributed by atoms with Crippen LogP contribution in [-0.4, -0.2) is 20.6 Å². The normalized spacial score (nSPS) is 11.4. The topological polar surface area (TPSA) is 54.5 Å². The minimum atomic E-state index is -0.503. The molecule has 0 aliphatic heterocycles. The first kappa shape index (κ1) is 15.3. The quantitative estimate of drug-likeness (QED) is 0.607. The lowest BCUT2D eigenvalue weighted by Gasteiger charge is -2.32. The van der Waals surface area contributed by atoms with Gasteiger partial charge < -0.3 is 0 Å². The fourth-order valence-electron chi connectivity index (χ4n) is 3.40. The summed E-state index contributed by atoms with van der Waals surface area (Å²) >= 11 is 0. The van der Waals surface area contributed by atoms with E-state index >= 15 is 0 Å². The summed E-state index contributed by atoms with van der Waals surface area (Å²) in [5.74, 6) is 0.675. The number of aromatic nitrogens is 4. The molecule has 4 nitrogen and oxygen atoms in total. The molecule has 0 aliphatic rings. The van der Waals surface area contributed by atoms with E-state index in [1.807, 2.05) is 18.2 Å². The molecule has 0 spiro atoms. The third-order valence-electron chi connectivity index (χ3n) is 4.57. The predicted octanol–water partition coefficient (Wildman–Crippen LogP) is 3.78. The van der Waals surface area contributed by atoms with Crippen molar-refractivity contribution in [2.45, 2.75) is 11.8 Å². The van der Waals surface area contributed by atoms with Gasteiger partial charge in [-0.2, -0.15) is 5.21 Å². The highest BCUT2D eigenvalue weighted by atomic mass is 15.5. The second-order valence-corrected chi connectivity index (χ2v) is 6.04. The number of aromatic amines is 1. The van der Waals surface area contributed by atoms with Crippen molar-refractivity contribution in [1.82, 2.24) is 20.6 Å². The first-order valence-electron chi connectivity index (χ1n) is 8.28. The second kappa shape index (κ2) is 6.69. The molecule has 0 saturated carbocycles. The van der Waals surface area contributed by atoms with Crippen LogP contribution in [0, 0.1) is 0 Å². The van der Waals surface area contributed by atoms with Crippen LogP contribution in [-0.2, 0) is 11.8 Å². The number of benzene rings is 3. The summed E-state index contributed by atoms with van der Waals surface area (Å²) in [5.41, 5.74) is 3.01. The molecule has 4 rings (SSSR count). The van der Waals surface area contributed by atoms with Gasteiger partial charge in [0.25, 0.3) is 0 Å². The van der Waals surface area contributed by atoms with Gasteiger partial charge in [-0.3, -0.25) is 0 Å². The molecule has 0 radical (unpaired) electrons. The molecule has 3 aromatic carbocycles. The monoisotopic (exact) mass is 326 g/mol. The summed E-state index contributed by atoms with van der Waals surface area (Å²) in [6.07, 6.45) is 0.751. The van der Waals surface area contributed by atoms with Crippen molar-refractivity contribution < 1.29 is 0 Å². The zero-order valence-electron chi connectivity index (χ0n) is 13.7. The van der Waals surface area contributed by atoms with Crippen LogP contribution >= 0.6 is 0 Å². The van der Waals surface area contributed by atoms with Gasteiger partial charge >= 0.3 is 0 Å². The molecule has 0 aliphatic carbocycles. The number of tetrazole rings is 1. The second-order valence-electron chi connectivity index (χ2n) is 6.04. The lowest BCUT2D eigenvalue weighted by atomic mass is 9.70. The van der Waals surface area contributed by atoms with Gasteiger partial charge in [0.05, 0.1) is 5.41 Å². The Labute approximate surface area is 146 Å². The Morgan fingerprint density at radius 1 is 0.680 bits per heavy atom. The van der Waals surface area contributed by atoms with Crippen molar-refractivity contribution in [2.75, 3.05) is 0 Å². The summed E-state index contributed by atoms with van der Waals surface area (Å²) < 4.78 is 0. The summed E-state index contributed by atoms with van der Waals surface area (Å²) in [7, 11) is 0. The maximum absolute atomic E-state index is 4.39. The molecule has 122 valence electrons. The van der Waals surface area contributed by atoms with Crippen molar-refractivity contribution in [3.63, 3.8) is 0 Å². The van der Waals surface area contributed by atoms with Gasteiger partial charge in [0.2, 0.25) is 0 Å². The minimum absolute atomic E-state index is 0.503. The van der Waals surface area contributed by atoms with Crippen LogP contribution in [0.15, 0.2) is 91.0 Å². The van der Waals surface area contributed by atoms with Crippen LogP contribution < -0.4 is 0 Å². The van der Waals surface area contributed by atoms with Gasteiger partial charge in [0.1, 0.15) is 0 Å². The fraction of sp³-hybridized carbons (Fsp3) is 0.0952. The molecule has 0 atom stereocenters. The average Bonchev–Trinajstić information content (AvgIpc) is 3.23. The number of nitrogens with zero attached hydrogens (tertiary/aromatic N) is 3. The van der Waals surface area contributed by atoms with Gasteiger partial charge in [0.15, 0.2) is 5.82 Å². The zero-order valence-corrected chi connectivity index (χ0v) is 13.7. The van der Waals surface area contributed by atoms with Crippen LogP contribution in [0.4, 0.5) is 0 Å². The van der Waals surface area contributed by atoms with E-state index in [1.165, 1.54) is 5.56 Å². The molecular formula is C21H18N4. The van der Waals surface area contributed by atoms with Crippen molar-refractivity contribution >= 4 is 0 Å². The Balaban J connectivity index is 1.98. The Bertz CT molecular complexity index is 865. The number of hydrogen-bond donors (Lipinski definition) is 1. The van der Waals surface area contributed by atoms with Crippen molar-refractivity contribution in [3.05, 3.63) is 114 Å². The van der Waals surface area contributed by atoms with Crippen molar-refractivity contribution in [3.8, 4) is 0 Å². The Kier molecular flexibility index (Phi) is 4.09. The zero-order chi connectivity index (χ0) is 17.0. The van der Waals surface area contributed by atoms with E-state index < -0.39 is 5.41 Å². The van der Waals surface area contributed by atoms with E-state index in [0.29, 0.717) is 5.82 Å². The first-order chi connectivity index (χ1) is 12.4.